The molecule has 0 bridgehead atoms. The molecule has 2 aliphatic heterocycles. The Kier molecular flexibility index (Phi) is 12.9. The average Bonchev–Trinajstić information content (AvgIpc) is 1.67. The molecule has 0 spiro atoms. The first-order valence-electron chi connectivity index (χ1n) is 35.7. The molecule has 0 fully saturated rings. The number of benzene rings is 8. The minimum absolute atomic E-state index is 0.0135. The molecule has 93 heavy (non-hydrogen) atoms. The monoisotopic (exact) mass is 1230 g/mol. The third-order valence-electron chi connectivity index (χ3n) is 25.1. The van der Waals surface area contributed by atoms with Gasteiger partial charge in [0.1, 0.15) is 5.58 Å². The van der Waals surface area contributed by atoms with Crippen molar-refractivity contribution in [2.75, 3.05) is 9.80 Å². The van der Waals surface area contributed by atoms with Gasteiger partial charge in [-0.3, -0.25) is 0 Å². The van der Waals surface area contributed by atoms with Gasteiger partial charge in [0.2, 0.25) is 0 Å². The van der Waals surface area contributed by atoms with Crippen LogP contribution in [0.15, 0.2) is 138 Å². The van der Waals surface area contributed by atoms with Gasteiger partial charge in [-0.05, 0) is 245 Å². The Morgan fingerprint density at radius 2 is 0.892 bits per heavy atom. The van der Waals surface area contributed by atoms with Crippen LogP contribution in [0.3, 0.4) is 0 Å². The van der Waals surface area contributed by atoms with Crippen molar-refractivity contribution in [3.63, 3.8) is 0 Å². The first-order valence-corrected chi connectivity index (χ1v) is 35.7. The second kappa shape index (κ2) is 19.7. The summed E-state index contributed by atoms with van der Waals surface area (Å²) in [6, 6.07) is 54.9. The molecule has 4 nitrogen and oxygen atoms in total. The van der Waals surface area contributed by atoms with Crippen LogP contribution in [0.1, 0.15) is 257 Å². The number of hydrogen-bond acceptors (Lipinski definition) is 3. The SMILES string of the molecule is CC1CCC(C)c2cc3c4c(oc3cc21)B1c2cc3c(cc2N(c2ccc5c(c2)C(C)(C)CCC5(C)C)c2cc(-n5c6cc(C(C)(C)C)ccc6c6ccc(C(C)(C)C)cc65)cc(c21)N4c1cc2c(cc1-c1ccccc1)C(C)(C)CCC2(C)C)C(C)(C)CCC3(C)C. The molecule has 4 heterocycles. The maximum atomic E-state index is 8.08. The Labute approximate surface area is 556 Å². The molecule has 2 unspecified atom stereocenters. The fraction of sp³-hybridized carbons (Fsp3) is 0.432. The fourth-order valence-electron chi connectivity index (χ4n) is 18.5. The van der Waals surface area contributed by atoms with Gasteiger partial charge in [-0.15, -0.1) is 0 Å². The van der Waals surface area contributed by atoms with E-state index in [-0.39, 0.29) is 50.0 Å². The van der Waals surface area contributed by atoms with Crippen LogP contribution in [0.2, 0.25) is 0 Å². The van der Waals surface area contributed by atoms with Crippen molar-refractivity contribution in [2.45, 2.75) is 245 Å². The van der Waals surface area contributed by atoms with E-state index in [1.807, 2.05) is 0 Å². The second-order valence-electron chi connectivity index (χ2n) is 36.2. The lowest BCUT2D eigenvalue weighted by molar-refractivity contribution is 0.332. The van der Waals surface area contributed by atoms with Crippen molar-refractivity contribution in [2.24, 2.45) is 0 Å². The van der Waals surface area contributed by atoms with E-state index in [1.54, 1.807) is 0 Å². The molecule has 0 amide bonds. The highest BCUT2D eigenvalue weighted by Gasteiger charge is 2.51. The van der Waals surface area contributed by atoms with Gasteiger partial charge >= 0.3 is 0 Å². The normalized spacial score (nSPS) is 21.0. The Morgan fingerprint density at radius 1 is 0.419 bits per heavy atom. The van der Waals surface area contributed by atoms with Gasteiger partial charge < -0.3 is 18.8 Å². The van der Waals surface area contributed by atoms with Crippen molar-refractivity contribution in [1.29, 1.82) is 0 Å². The summed E-state index contributed by atoms with van der Waals surface area (Å²) in [6.45, 7) is 48.9. The molecule has 0 N–H and O–H groups in total. The van der Waals surface area contributed by atoms with Crippen molar-refractivity contribution < 1.29 is 4.42 Å². The lowest BCUT2D eigenvalue weighted by atomic mass is 9.35. The predicted octanol–water partition coefficient (Wildman–Crippen LogP) is 22.9. The summed E-state index contributed by atoms with van der Waals surface area (Å²) < 4.78 is 10.8. The van der Waals surface area contributed by atoms with Gasteiger partial charge in [0.25, 0.3) is 6.71 Å². The van der Waals surface area contributed by atoms with E-state index in [0.29, 0.717) is 11.8 Å². The third-order valence-corrected chi connectivity index (χ3v) is 25.1. The van der Waals surface area contributed by atoms with Crippen LogP contribution >= 0.6 is 0 Å². The van der Waals surface area contributed by atoms with Crippen LogP contribution in [-0.2, 0) is 43.3 Å². The average molecular weight is 1230 g/mol. The van der Waals surface area contributed by atoms with Gasteiger partial charge in [-0.2, -0.15) is 0 Å². The third kappa shape index (κ3) is 9.02. The number of nitrogens with zero attached hydrogens (tertiary/aromatic N) is 3. The molecular formula is C88H100BN3O. The molecule has 476 valence electrons. The van der Waals surface area contributed by atoms with E-state index in [0.717, 1.165) is 49.0 Å². The quantitative estimate of drug-likeness (QED) is 0.164. The van der Waals surface area contributed by atoms with Crippen LogP contribution in [0.25, 0.3) is 49.6 Å². The Bertz CT molecular complexity index is 4750. The predicted molar refractivity (Wildman–Crippen MR) is 399 cm³/mol. The van der Waals surface area contributed by atoms with Gasteiger partial charge in [0.05, 0.1) is 33.8 Å². The Hall–Kier alpha value is -7.24. The lowest BCUT2D eigenvalue weighted by Crippen LogP contribution is -2.61. The zero-order valence-electron chi connectivity index (χ0n) is 59.8. The zero-order chi connectivity index (χ0) is 65.6. The fourth-order valence-corrected chi connectivity index (χ4v) is 18.5. The first kappa shape index (κ1) is 60.7. The van der Waals surface area contributed by atoms with Crippen LogP contribution in [0.5, 0.6) is 0 Å². The molecule has 0 saturated carbocycles. The number of anilines is 6. The van der Waals surface area contributed by atoms with Crippen LogP contribution in [0, 0.1) is 0 Å². The molecule has 4 aliphatic carbocycles. The summed E-state index contributed by atoms with van der Waals surface area (Å²) in [5.74, 6) is 0.873. The van der Waals surface area contributed by atoms with Gasteiger partial charge in [0.15, 0.2) is 0 Å². The molecule has 2 atom stereocenters. The molecule has 0 radical (unpaired) electrons. The van der Waals surface area contributed by atoms with E-state index >= 15 is 0 Å². The van der Waals surface area contributed by atoms with E-state index in [2.05, 4.69) is 286 Å². The topological polar surface area (TPSA) is 24.6 Å². The molecule has 8 aromatic carbocycles. The Balaban J connectivity index is 1.13. The van der Waals surface area contributed by atoms with Crippen LogP contribution in [0.4, 0.5) is 34.1 Å². The number of rotatable bonds is 4. The largest absolute Gasteiger partial charge is 0.468 e. The Morgan fingerprint density at radius 3 is 1.43 bits per heavy atom. The molecule has 2 aromatic heterocycles. The van der Waals surface area contributed by atoms with Gasteiger partial charge in [0, 0.05) is 44.5 Å². The molecule has 6 aliphatic rings. The summed E-state index contributed by atoms with van der Waals surface area (Å²) in [6.07, 6.45) is 9.18. The van der Waals surface area contributed by atoms with Crippen molar-refractivity contribution in [3.05, 3.63) is 189 Å². The van der Waals surface area contributed by atoms with Crippen molar-refractivity contribution in [3.8, 4) is 16.8 Å². The first-order chi connectivity index (χ1) is 43.6. The highest BCUT2D eigenvalue weighted by molar-refractivity contribution is 7.00. The lowest BCUT2D eigenvalue weighted by Gasteiger charge is -2.47. The van der Waals surface area contributed by atoms with E-state index in [9.17, 15) is 0 Å². The van der Waals surface area contributed by atoms with Gasteiger partial charge in [-0.1, -0.05) is 205 Å². The molecule has 5 heteroatoms. The second-order valence-corrected chi connectivity index (χ2v) is 36.2. The number of fused-ring (bicyclic) bond motifs is 13. The number of aromatic nitrogens is 1. The number of furan rings is 1. The standard InChI is InChI=1S/C88H100BN3O/c1-51-26-27-52(2)61-47-77-63(45-60(51)61)79-80(93-77)89-70-48-67-69(88(19,20)39-37-86(67,15)16)50-74(70)90(56-30-33-64-65(42-56)84(11,12)35-34-83(64,9)10)75-43-57(91-71-40-54(81(3,4)5)28-31-58(71)59-32-29-55(41-72(59)91)82(6,7)8)44-76(78(75)89)92(79)73-49-68-66(85(13,14)36-38-87(68,17)18)46-62(73)53-24-22-21-23-25-53/h21-25,28-33,40-52H,26-27,34-39H2,1-20H3. The van der Waals surface area contributed by atoms with Crippen molar-refractivity contribution >= 4 is 90.2 Å². The van der Waals surface area contributed by atoms with Crippen molar-refractivity contribution in [1.82, 2.24) is 4.57 Å². The van der Waals surface area contributed by atoms with Crippen LogP contribution in [-0.4, -0.2) is 11.3 Å². The van der Waals surface area contributed by atoms with Crippen LogP contribution < -0.4 is 26.4 Å². The summed E-state index contributed by atoms with van der Waals surface area (Å²) >= 11 is 0. The van der Waals surface area contributed by atoms with E-state index in [1.165, 1.54) is 158 Å². The van der Waals surface area contributed by atoms with E-state index < -0.39 is 0 Å². The maximum absolute atomic E-state index is 8.08. The molecule has 10 aromatic rings. The summed E-state index contributed by atoms with van der Waals surface area (Å²) in [5, 5.41) is 3.77. The highest BCUT2D eigenvalue weighted by Crippen LogP contribution is 2.58. The smallest absolute Gasteiger partial charge is 0.297 e. The van der Waals surface area contributed by atoms with Gasteiger partial charge in [-0.25, -0.2) is 0 Å². The summed E-state index contributed by atoms with van der Waals surface area (Å²) in [7, 11) is 0. The minimum Gasteiger partial charge on any atom is -0.468 e. The summed E-state index contributed by atoms with van der Waals surface area (Å²) in [4.78, 5) is 5.55. The zero-order valence-corrected chi connectivity index (χ0v) is 59.8. The molecular weight excluding hydrogens is 1130 g/mol. The molecule has 16 rings (SSSR count). The minimum atomic E-state index is -0.230. The highest BCUT2D eigenvalue weighted by atomic mass is 16.3. The maximum Gasteiger partial charge on any atom is 0.297 e. The van der Waals surface area contributed by atoms with E-state index in [4.69, 9.17) is 4.42 Å². The molecule has 0 saturated heterocycles. The summed E-state index contributed by atoms with van der Waals surface area (Å²) in [5.41, 5.74) is 32.2. The number of hydrogen-bond donors (Lipinski definition) is 0.